The van der Waals surface area contributed by atoms with E-state index in [0.29, 0.717) is 36.8 Å². The minimum atomic E-state index is -0.338. The molecule has 2 heterocycles. The number of hydrogen-bond donors (Lipinski definition) is 0. The summed E-state index contributed by atoms with van der Waals surface area (Å²) in [4.78, 5) is 25.8. The number of benzene rings is 1. The number of hydrogen-bond acceptors (Lipinski definition) is 4. The van der Waals surface area contributed by atoms with Crippen LogP contribution in [-0.2, 0) is 4.79 Å². The van der Waals surface area contributed by atoms with Gasteiger partial charge in [0.1, 0.15) is 13.2 Å². The second-order valence-electron chi connectivity index (χ2n) is 5.09. The van der Waals surface area contributed by atoms with Crippen molar-refractivity contribution in [2.75, 3.05) is 19.8 Å². The maximum absolute atomic E-state index is 12.6. The van der Waals surface area contributed by atoms with Gasteiger partial charge in [-0.2, -0.15) is 0 Å². The number of rotatable bonds is 2. The Hall–Kier alpha value is -2.04. The first-order chi connectivity index (χ1) is 9.66. The Morgan fingerprint density at radius 2 is 1.95 bits per heavy atom. The van der Waals surface area contributed by atoms with Crippen molar-refractivity contribution in [3.63, 3.8) is 0 Å². The van der Waals surface area contributed by atoms with Gasteiger partial charge in [0.2, 0.25) is 5.91 Å². The lowest BCUT2D eigenvalue weighted by molar-refractivity contribution is -0.128. The summed E-state index contributed by atoms with van der Waals surface area (Å²) >= 11 is 0. The third-order valence-electron chi connectivity index (χ3n) is 3.79. The molecule has 0 radical (unpaired) electrons. The molecule has 1 saturated heterocycles. The van der Waals surface area contributed by atoms with E-state index in [2.05, 4.69) is 0 Å². The molecule has 1 unspecified atom stereocenters. The Bertz CT molecular complexity index is 555. The fraction of sp³-hybridized carbons (Fsp3) is 0.467. The second kappa shape index (κ2) is 5.15. The van der Waals surface area contributed by atoms with Crippen molar-refractivity contribution in [2.24, 2.45) is 0 Å². The van der Waals surface area contributed by atoms with Crippen molar-refractivity contribution >= 4 is 11.7 Å². The third-order valence-corrected chi connectivity index (χ3v) is 3.79. The summed E-state index contributed by atoms with van der Waals surface area (Å²) in [5.74, 6) is 1.21. The molecule has 5 heteroatoms. The van der Waals surface area contributed by atoms with Crippen molar-refractivity contribution in [1.82, 2.24) is 4.90 Å². The van der Waals surface area contributed by atoms with Crippen LogP contribution >= 0.6 is 0 Å². The average Bonchev–Trinajstić information content (AvgIpc) is 2.95. The predicted octanol–water partition coefficient (Wildman–Crippen LogP) is 1.65. The van der Waals surface area contributed by atoms with Gasteiger partial charge in [0.05, 0.1) is 6.04 Å². The predicted molar refractivity (Wildman–Crippen MR) is 72.2 cm³/mol. The number of carbonyl (C=O) groups is 2. The molecule has 1 aromatic rings. The molecule has 0 aromatic heterocycles. The van der Waals surface area contributed by atoms with Crippen LogP contribution in [0.15, 0.2) is 18.2 Å². The summed E-state index contributed by atoms with van der Waals surface area (Å²) in [6, 6.07) is 4.88. The van der Waals surface area contributed by atoms with E-state index in [1.54, 1.807) is 23.1 Å². The van der Waals surface area contributed by atoms with Gasteiger partial charge in [-0.05, 0) is 31.0 Å². The Morgan fingerprint density at radius 1 is 1.20 bits per heavy atom. The molecule has 5 nitrogen and oxygen atoms in total. The van der Waals surface area contributed by atoms with E-state index in [-0.39, 0.29) is 17.7 Å². The smallest absolute Gasteiger partial charge is 0.220 e. The molecular formula is C15H17NO4. The number of likely N-dealkylation sites (tertiary alicyclic amines) is 1. The van der Waals surface area contributed by atoms with Crippen LogP contribution in [0.3, 0.4) is 0 Å². The maximum atomic E-state index is 12.6. The molecule has 1 aromatic carbocycles. The van der Waals surface area contributed by atoms with Gasteiger partial charge in [0.15, 0.2) is 17.3 Å². The van der Waals surface area contributed by atoms with E-state index in [4.69, 9.17) is 9.47 Å². The van der Waals surface area contributed by atoms with Crippen LogP contribution in [-0.4, -0.2) is 42.4 Å². The van der Waals surface area contributed by atoms with Gasteiger partial charge in [-0.15, -0.1) is 0 Å². The fourth-order valence-corrected chi connectivity index (χ4v) is 2.81. The first-order valence-electron chi connectivity index (χ1n) is 6.88. The number of Topliss-reactive ketones (excluding diaryl/α,β-unsaturated/α-hetero) is 1. The summed E-state index contributed by atoms with van der Waals surface area (Å²) in [7, 11) is 0. The van der Waals surface area contributed by atoms with Crippen molar-refractivity contribution in [3.8, 4) is 11.5 Å². The zero-order valence-corrected chi connectivity index (χ0v) is 11.4. The minimum absolute atomic E-state index is 0.0188. The van der Waals surface area contributed by atoms with E-state index >= 15 is 0 Å². The number of fused-ring (bicyclic) bond motifs is 1. The minimum Gasteiger partial charge on any atom is -0.486 e. The van der Waals surface area contributed by atoms with Crippen LogP contribution in [0.1, 0.15) is 30.1 Å². The molecule has 1 amide bonds. The lowest BCUT2D eigenvalue weighted by atomic mass is 10.0. The van der Waals surface area contributed by atoms with Crippen molar-refractivity contribution in [3.05, 3.63) is 23.8 Å². The molecule has 106 valence electrons. The highest BCUT2D eigenvalue weighted by Gasteiger charge is 2.33. The number of carbonyl (C=O) groups excluding carboxylic acids is 2. The standard InChI is InChI=1S/C15H17NO4/c1-10(17)16-6-2-3-12(16)15(18)11-4-5-13-14(9-11)20-8-7-19-13/h4-5,9,12H,2-3,6-8H2,1H3. The zero-order valence-electron chi connectivity index (χ0n) is 11.4. The molecule has 0 bridgehead atoms. The third kappa shape index (κ3) is 2.24. The number of ketones is 1. The van der Waals surface area contributed by atoms with Crippen LogP contribution in [0.5, 0.6) is 11.5 Å². The van der Waals surface area contributed by atoms with Crippen LogP contribution < -0.4 is 9.47 Å². The topological polar surface area (TPSA) is 55.8 Å². The van der Waals surface area contributed by atoms with E-state index in [1.165, 1.54) is 6.92 Å². The van der Waals surface area contributed by atoms with E-state index in [1.807, 2.05) is 0 Å². The molecule has 0 saturated carbocycles. The molecule has 1 fully saturated rings. The van der Waals surface area contributed by atoms with E-state index in [0.717, 1.165) is 12.8 Å². The molecule has 0 aliphatic carbocycles. The summed E-state index contributed by atoms with van der Waals surface area (Å²) < 4.78 is 10.9. The summed E-state index contributed by atoms with van der Waals surface area (Å²) in [6.07, 6.45) is 1.60. The van der Waals surface area contributed by atoms with E-state index < -0.39 is 0 Å². The van der Waals surface area contributed by atoms with Gasteiger partial charge >= 0.3 is 0 Å². The monoisotopic (exact) mass is 275 g/mol. The highest BCUT2D eigenvalue weighted by atomic mass is 16.6. The van der Waals surface area contributed by atoms with Crippen molar-refractivity contribution in [1.29, 1.82) is 0 Å². The van der Waals surface area contributed by atoms with Crippen molar-refractivity contribution in [2.45, 2.75) is 25.8 Å². The average molecular weight is 275 g/mol. The molecule has 2 aliphatic rings. The fourth-order valence-electron chi connectivity index (χ4n) is 2.81. The van der Waals surface area contributed by atoms with Gasteiger partial charge in [-0.3, -0.25) is 9.59 Å². The Balaban J connectivity index is 1.85. The van der Waals surface area contributed by atoms with Crippen LogP contribution in [0.4, 0.5) is 0 Å². The molecule has 3 rings (SSSR count). The highest BCUT2D eigenvalue weighted by Crippen LogP contribution is 2.32. The van der Waals surface area contributed by atoms with Crippen LogP contribution in [0.25, 0.3) is 0 Å². The Morgan fingerprint density at radius 3 is 2.70 bits per heavy atom. The molecule has 2 aliphatic heterocycles. The Kier molecular flexibility index (Phi) is 3.34. The zero-order chi connectivity index (χ0) is 14.1. The Labute approximate surface area is 117 Å². The number of nitrogens with zero attached hydrogens (tertiary/aromatic N) is 1. The van der Waals surface area contributed by atoms with Gasteiger partial charge < -0.3 is 14.4 Å². The molecule has 20 heavy (non-hydrogen) atoms. The summed E-state index contributed by atoms with van der Waals surface area (Å²) in [5.41, 5.74) is 0.576. The lowest BCUT2D eigenvalue weighted by Gasteiger charge is -2.23. The summed E-state index contributed by atoms with van der Waals surface area (Å²) in [6.45, 7) is 3.19. The first kappa shape index (κ1) is 13.0. The summed E-state index contributed by atoms with van der Waals surface area (Å²) in [5, 5.41) is 0. The van der Waals surface area contributed by atoms with Crippen LogP contribution in [0, 0.1) is 0 Å². The van der Waals surface area contributed by atoms with Gasteiger partial charge in [-0.1, -0.05) is 0 Å². The van der Waals surface area contributed by atoms with Gasteiger partial charge in [0, 0.05) is 19.0 Å². The van der Waals surface area contributed by atoms with Gasteiger partial charge in [0.25, 0.3) is 0 Å². The SMILES string of the molecule is CC(=O)N1CCCC1C(=O)c1ccc2c(c1)OCCO2. The normalized spacial score (nSPS) is 20.9. The quantitative estimate of drug-likeness (QED) is 0.770. The lowest BCUT2D eigenvalue weighted by Crippen LogP contribution is -2.39. The van der Waals surface area contributed by atoms with Gasteiger partial charge in [-0.25, -0.2) is 0 Å². The van der Waals surface area contributed by atoms with E-state index in [9.17, 15) is 9.59 Å². The molecular weight excluding hydrogens is 258 g/mol. The van der Waals surface area contributed by atoms with Crippen LogP contribution in [0.2, 0.25) is 0 Å². The second-order valence-corrected chi connectivity index (χ2v) is 5.09. The number of amides is 1. The largest absolute Gasteiger partial charge is 0.486 e. The highest BCUT2D eigenvalue weighted by molar-refractivity contribution is 6.02. The molecule has 0 N–H and O–H groups in total. The molecule has 1 atom stereocenters. The molecule has 0 spiro atoms. The van der Waals surface area contributed by atoms with Crippen molar-refractivity contribution < 1.29 is 19.1 Å². The number of ether oxygens (including phenoxy) is 2. The first-order valence-corrected chi connectivity index (χ1v) is 6.88. The maximum Gasteiger partial charge on any atom is 0.220 e.